The zero-order valence-corrected chi connectivity index (χ0v) is 15.3. The van der Waals surface area contributed by atoms with Crippen LogP contribution < -0.4 is 10.9 Å². The maximum atomic E-state index is 13.6. The first-order valence-electron chi connectivity index (χ1n) is 8.56. The third kappa shape index (κ3) is 4.22. The van der Waals surface area contributed by atoms with Gasteiger partial charge in [0, 0.05) is 5.69 Å². The van der Waals surface area contributed by atoms with E-state index in [1.807, 2.05) is 0 Å². The van der Waals surface area contributed by atoms with Crippen LogP contribution >= 0.6 is 0 Å². The Morgan fingerprint density at radius 1 is 1.25 bits per heavy atom. The van der Waals surface area contributed by atoms with Gasteiger partial charge in [-0.1, -0.05) is 18.2 Å². The van der Waals surface area contributed by atoms with Gasteiger partial charge in [0.1, 0.15) is 12.4 Å². The number of carbonyl (C=O) groups is 2. The van der Waals surface area contributed by atoms with Gasteiger partial charge in [0.15, 0.2) is 6.10 Å². The lowest BCUT2D eigenvalue weighted by atomic mass is 10.2. The molecule has 1 unspecified atom stereocenters. The van der Waals surface area contributed by atoms with Gasteiger partial charge in [-0.2, -0.15) is 0 Å². The highest BCUT2D eigenvalue weighted by atomic mass is 19.1. The number of carbonyl (C=O) groups excluding carboxylic acids is 2. The molecule has 3 rings (SSSR count). The van der Waals surface area contributed by atoms with Crippen molar-refractivity contribution in [3.8, 4) is 0 Å². The molecular weight excluding hydrogens is 365 g/mol. The Bertz CT molecular complexity index is 1110. The molecule has 0 saturated carbocycles. The number of halogens is 1. The van der Waals surface area contributed by atoms with E-state index in [9.17, 15) is 18.8 Å². The van der Waals surface area contributed by atoms with Crippen molar-refractivity contribution < 1.29 is 18.7 Å². The number of rotatable bonds is 5. The Morgan fingerprint density at radius 3 is 2.75 bits per heavy atom. The number of amides is 1. The molecule has 0 aliphatic rings. The van der Waals surface area contributed by atoms with E-state index in [0.29, 0.717) is 16.5 Å². The van der Waals surface area contributed by atoms with E-state index in [1.165, 1.54) is 25.4 Å². The highest BCUT2D eigenvalue weighted by Crippen LogP contribution is 2.14. The average Bonchev–Trinajstić information content (AvgIpc) is 2.67. The van der Waals surface area contributed by atoms with E-state index >= 15 is 0 Å². The number of benzene rings is 2. The van der Waals surface area contributed by atoms with Gasteiger partial charge in [0.2, 0.25) is 0 Å². The summed E-state index contributed by atoms with van der Waals surface area (Å²) >= 11 is 0. The van der Waals surface area contributed by atoms with Gasteiger partial charge in [-0.05, 0) is 43.7 Å². The summed E-state index contributed by atoms with van der Waals surface area (Å²) in [5, 5.41) is 2.86. The van der Waals surface area contributed by atoms with Crippen LogP contribution in [0.2, 0.25) is 0 Å². The first kappa shape index (κ1) is 19.2. The Kier molecular flexibility index (Phi) is 5.49. The minimum absolute atomic E-state index is 0.256. The number of para-hydroxylation sites is 1. The summed E-state index contributed by atoms with van der Waals surface area (Å²) in [5.74, 6) is -1.83. The zero-order valence-electron chi connectivity index (χ0n) is 15.3. The van der Waals surface area contributed by atoms with E-state index in [4.69, 9.17) is 4.74 Å². The molecule has 8 heteroatoms. The van der Waals surface area contributed by atoms with Crippen LogP contribution in [0.15, 0.2) is 53.6 Å². The molecule has 0 aliphatic carbocycles. The van der Waals surface area contributed by atoms with E-state index in [2.05, 4.69) is 10.3 Å². The molecule has 0 aliphatic heterocycles. The van der Waals surface area contributed by atoms with Crippen LogP contribution in [0.3, 0.4) is 0 Å². The molecular formula is C20H18FN3O4. The number of nitrogens with one attached hydrogen (secondary N) is 1. The lowest BCUT2D eigenvalue weighted by molar-refractivity contribution is -0.153. The average molecular weight is 383 g/mol. The maximum absolute atomic E-state index is 13.6. The molecule has 2 aromatic carbocycles. The van der Waals surface area contributed by atoms with Crippen LogP contribution in [-0.4, -0.2) is 27.5 Å². The second-order valence-corrected chi connectivity index (χ2v) is 6.28. The number of hydrogen-bond acceptors (Lipinski definition) is 5. The summed E-state index contributed by atoms with van der Waals surface area (Å²) < 4.78 is 19.7. The van der Waals surface area contributed by atoms with E-state index in [0.717, 1.165) is 4.57 Å². The molecule has 28 heavy (non-hydrogen) atoms. The number of hydrogen-bond donors (Lipinski definition) is 1. The number of aromatic nitrogens is 2. The monoisotopic (exact) mass is 383 g/mol. The molecule has 0 saturated heterocycles. The lowest BCUT2D eigenvalue weighted by Gasteiger charge is -2.14. The van der Waals surface area contributed by atoms with Gasteiger partial charge >= 0.3 is 5.97 Å². The summed E-state index contributed by atoms with van der Waals surface area (Å²) in [5.41, 5.74) is 0.850. The third-order valence-electron chi connectivity index (χ3n) is 4.15. The normalized spacial score (nSPS) is 11.8. The summed E-state index contributed by atoms with van der Waals surface area (Å²) in [6, 6.07) is 11.0. The van der Waals surface area contributed by atoms with Gasteiger partial charge in [0.25, 0.3) is 11.5 Å². The highest BCUT2D eigenvalue weighted by molar-refractivity contribution is 5.95. The topological polar surface area (TPSA) is 90.3 Å². The van der Waals surface area contributed by atoms with Crippen LogP contribution in [0.25, 0.3) is 10.9 Å². The summed E-state index contributed by atoms with van der Waals surface area (Å²) in [6.07, 6.45) is 0.132. The van der Waals surface area contributed by atoms with E-state index < -0.39 is 23.8 Å². The number of ether oxygens (including phenoxy) is 1. The fraction of sp³-hybridized carbons (Fsp3) is 0.200. The summed E-state index contributed by atoms with van der Waals surface area (Å²) in [6.45, 7) is 2.61. The molecule has 1 atom stereocenters. The number of nitrogens with zero attached hydrogens (tertiary/aromatic N) is 2. The van der Waals surface area contributed by atoms with Crippen molar-refractivity contribution in [3.63, 3.8) is 0 Å². The predicted molar refractivity (Wildman–Crippen MR) is 101 cm³/mol. The summed E-state index contributed by atoms with van der Waals surface area (Å²) in [7, 11) is 0. The van der Waals surface area contributed by atoms with Crippen molar-refractivity contribution in [2.24, 2.45) is 0 Å². The second kappa shape index (κ2) is 7.99. The zero-order chi connectivity index (χ0) is 20.3. The van der Waals surface area contributed by atoms with Gasteiger partial charge in [-0.3, -0.25) is 19.0 Å². The van der Waals surface area contributed by atoms with Crippen LogP contribution in [-0.2, 0) is 20.9 Å². The van der Waals surface area contributed by atoms with Crippen LogP contribution in [0, 0.1) is 12.7 Å². The molecule has 1 heterocycles. The van der Waals surface area contributed by atoms with Crippen molar-refractivity contribution in [3.05, 3.63) is 70.5 Å². The molecule has 144 valence electrons. The van der Waals surface area contributed by atoms with Crippen molar-refractivity contribution in [1.82, 2.24) is 9.55 Å². The van der Waals surface area contributed by atoms with Crippen molar-refractivity contribution in [1.29, 1.82) is 0 Å². The highest BCUT2D eigenvalue weighted by Gasteiger charge is 2.19. The van der Waals surface area contributed by atoms with Gasteiger partial charge < -0.3 is 10.1 Å². The van der Waals surface area contributed by atoms with E-state index in [-0.39, 0.29) is 17.8 Å². The smallest absolute Gasteiger partial charge is 0.326 e. The number of anilines is 1. The minimum Gasteiger partial charge on any atom is -0.451 e. The molecule has 0 bridgehead atoms. The number of fused-ring (bicyclic) bond motifs is 1. The first-order chi connectivity index (χ1) is 13.3. The van der Waals surface area contributed by atoms with Gasteiger partial charge in [0.05, 0.1) is 17.2 Å². The Hall–Kier alpha value is -3.55. The molecule has 0 spiro atoms. The van der Waals surface area contributed by atoms with Crippen molar-refractivity contribution in [2.45, 2.75) is 26.5 Å². The molecule has 1 amide bonds. The number of esters is 1. The largest absolute Gasteiger partial charge is 0.451 e. The molecule has 0 fully saturated rings. The lowest BCUT2D eigenvalue weighted by Crippen LogP contribution is -2.33. The first-order valence-corrected chi connectivity index (χ1v) is 8.56. The third-order valence-corrected chi connectivity index (χ3v) is 4.15. The van der Waals surface area contributed by atoms with Crippen LogP contribution in [0.1, 0.15) is 12.5 Å². The molecule has 7 nitrogen and oxygen atoms in total. The minimum atomic E-state index is -1.12. The van der Waals surface area contributed by atoms with Gasteiger partial charge in [-0.25, -0.2) is 9.37 Å². The molecule has 1 aromatic heterocycles. The van der Waals surface area contributed by atoms with Crippen LogP contribution in [0.5, 0.6) is 0 Å². The van der Waals surface area contributed by atoms with Crippen molar-refractivity contribution >= 4 is 28.5 Å². The van der Waals surface area contributed by atoms with Crippen LogP contribution in [0.4, 0.5) is 10.1 Å². The summed E-state index contributed by atoms with van der Waals surface area (Å²) in [4.78, 5) is 40.8. The SMILES string of the molecule is Cc1ccc(NC(=O)C(C)OC(=O)Cn2cnc3ccccc3c2=O)cc1F. The molecule has 1 N–H and O–H groups in total. The number of aryl methyl sites for hydroxylation is 1. The second-order valence-electron chi connectivity index (χ2n) is 6.28. The Labute approximate surface area is 159 Å². The van der Waals surface area contributed by atoms with E-state index in [1.54, 1.807) is 37.3 Å². The van der Waals surface area contributed by atoms with Gasteiger partial charge in [-0.15, -0.1) is 0 Å². The molecule has 3 aromatic rings. The van der Waals surface area contributed by atoms with Crippen molar-refractivity contribution in [2.75, 3.05) is 5.32 Å². The Balaban J connectivity index is 1.64. The standard InChI is InChI=1S/C20H18FN3O4/c1-12-7-8-14(9-16(12)21)23-19(26)13(2)28-18(25)10-24-11-22-17-6-4-3-5-15(17)20(24)27/h3-9,11,13H,10H2,1-2H3,(H,23,26). The fourth-order valence-corrected chi connectivity index (χ4v) is 2.56. The fourth-order valence-electron chi connectivity index (χ4n) is 2.56. The predicted octanol–water partition coefficient (Wildman–Crippen LogP) is 2.41. The Morgan fingerprint density at radius 2 is 2.00 bits per heavy atom. The maximum Gasteiger partial charge on any atom is 0.326 e. The quantitative estimate of drug-likeness (QED) is 0.684. The molecule has 0 radical (unpaired) electrons.